The van der Waals surface area contributed by atoms with Crippen LogP contribution >= 0.6 is 22.9 Å². The quantitative estimate of drug-likeness (QED) is 0.470. The molecule has 0 saturated heterocycles. The standard InChI is InChI=1S/C16H13ClN4O3S/c1-24-12-4-2-3-9(15(12)22)8-18-21-16(23)11-7-10(19-20-11)13-5-6-14(17)25-13/h2-8,22H,1H3,(H,19,20)(H,21,23)/b18-8+. The number of aromatic hydroxyl groups is 1. The number of aromatic amines is 1. The van der Waals surface area contributed by atoms with E-state index in [0.29, 0.717) is 21.3 Å². The van der Waals surface area contributed by atoms with E-state index < -0.39 is 5.91 Å². The van der Waals surface area contributed by atoms with Gasteiger partial charge >= 0.3 is 0 Å². The van der Waals surface area contributed by atoms with Crippen molar-refractivity contribution in [3.63, 3.8) is 0 Å². The number of benzene rings is 1. The maximum Gasteiger partial charge on any atom is 0.291 e. The van der Waals surface area contributed by atoms with Crippen LogP contribution in [0.1, 0.15) is 16.1 Å². The molecule has 3 N–H and O–H groups in total. The Morgan fingerprint density at radius 1 is 1.44 bits per heavy atom. The van der Waals surface area contributed by atoms with Crippen molar-refractivity contribution in [2.75, 3.05) is 7.11 Å². The summed E-state index contributed by atoms with van der Waals surface area (Å²) >= 11 is 7.28. The van der Waals surface area contributed by atoms with Gasteiger partial charge in [-0.3, -0.25) is 9.89 Å². The molecule has 0 aliphatic rings. The first-order valence-corrected chi connectivity index (χ1v) is 8.28. The molecular weight excluding hydrogens is 364 g/mol. The number of thiophene rings is 1. The minimum absolute atomic E-state index is 0.0559. The Kier molecular flexibility index (Phi) is 5.01. The first-order chi connectivity index (χ1) is 12.1. The number of phenols is 1. The number of H-pyrrole nitrogens is 1. The van der Waals surface area contributed by atoms with Crippen LogP contribution in [0.4, 0.5) is 0 Å². The number of para-hydroxylation sites is 1. The van der Waals surface area contributed by atoms with Crippen LogP contribution in [-0.4, -0.2) is 34.5 Å². The minimum atomic E-state index is -0.483. The number of phenolic OH excluding ortho intramolecular Hbond substituents is 1. The van der Waals surface area contributed by atoms with Crippen LogP contribution in [0.15, 0.2) is 41.5 Å². The van der Waals surface area contributed by atoms with Crippen molar-refractivity contribution in [3.05, 3.63) is 52.0 Å². The predicted octanol–water partition coefficient (Wildman–Crippen LogP) is 3.27. The largest absolute Gasteiger partial charge is 0.504 e. The first-order valence-electron chi connectivity index (χ1n) is 7.09. The molecule has 25 heavy (non-hydrogen) atoms. The summed E-state index contributed by atoms with van der Waals surface area (Å²) in [5.41, 5.74) is 3.65. The maximum absolute atomic E-state index is 12.1. The highest BCUT2D eigenvalue weighted by atomic mass is 35.5. The number of aromatic nitrogens is 2. The van der Waals surface area contributed by atoms with Gasteiger partial charge in [0.2, 0.25) is 0 Å². The Morgan fingerprint density at radius 3 is 3.00 bits per heavy atom. The van der Waals surface area contributed by atoms with Crippen LogP contribution < -0.4 is 10.2 Å². The molecule has 0 atom stereocenters. The van der Waals surface area contributed by atoms with Gasteiger partial charge in [0, 0.05) is 5.56 Å². The smallest absolute Gasteiger partial charge is 0.291 e. The number of hydrogen-bond acceptors (Lipinski definition) is 6. The third-order valence-electron chi connectivity index (χ3n) is 3.27. The normalized spacial score (nSPS) is 11.0. The summed E-state index contributed by atoms with van der Waals surface area (Å²) in [6.45, 7) is 0. The van der Waals surface area contributed by atoms with Crippen LogP contribution in [0.2, 0.25) is 4.34 Å². The Labute approximate surface area is 151 Å². The van der Waals surface area contributed by atoms with Crippen LogP contribution in [0.3, 0.4) is 0 Å². The molecule has 3 aromatic rings. The number of nitrogens with one attached hydrogen (secondary N) is 2. The summed E-state index contributed by atoms with van der Waals surface area (Å²) in [4.78, 5) is 13.0. The van der Waals surface area contributed by atoms with E-state index >= 15 is 0 Å². The van der Waals surface area contributed by atoms with Gasteiger partial charge in [-0.25, -0.2) is 5.43 Å². The van der Waals surface area contributed by atoms with E-state index in [1.165, 1.54) is 24.7 Å². The van der Waals surface area contributed by atoms with Crippen molar-refractivity contribution >= 4 is 35.1 Å². The van der Waals surface area contributed by atoms with E-state index in [4.69, 9.17) is 16.3 Å². The number of halogens is 1. The summed E-state index contributed by atoms with van der Waals surface area (Å²) < 4.78 is 5.66. The SMILES string of the molecule is COc1cccc(/C=N/NC(=O)c2cc(-c3ccc(Cl)s3)[nH]n2)c1O. The van der Waals surface area contributed by atoms with Crippen molar-refractivity contribution in [2.24, 2.45) is 5.10 Å². The lowest BCUT2D eigenvalue weighted by atomic mass is 10.2. The van der Waals surface area contributed by atoms with Crippen LogP contribution in [0, 0.1) is 0 Å². The van der Waals surface area contributed by atoms with Gasteiger partial charge in [-0.05, 0) is 30.3 Å². The average molecular weight is 377 g/mol. The number of carbonyl (C=O) groups excluding carboxylic acids is 1. The fourth-order valence-corrected chi connectivity index (χ4v) is 3.06. The number of methoxy groups -OCH3 is 1. The van der Waals surface area contributed by atoms with Gasteiger partial charge in [0.25, 0.3) is 5.91 Å². The zero-order valence-corrected chi connectivity index (χ0v) is 14.6. The third-order valence-corrected chi connectivity index (χ3v) is 4.53. The van der Waals surface area contributed by atoms with Crippen molar-refractivity contribution in [1.82, 2.24) is 15.6 Å². The molecule has 2 heterocycles. The van der Waals surface area contributed by atoms with E-state index in [9.17, 15) is 9.90 Å². The second-order valence-corrected chi connectivity index (χ2v) is 6.58. The van der Waals surface area contributed by atoms with Gasteiger partial charge in [-0.1, -0.05) is 17.7 Å². The summed E-state index contributed by atoms with van der Waals surface area (Å²) in [6.07, 6.45) is 1.32. The fraction of sp³-hybridized carbons (Fsp3) is 0.0625. The van der Waals surface area contributed by atoms with Crippen molar-refractivity contribution in [2.45, 2.75) is 0 Å². The Morgan fingerprint density at radius 2 is 2.28 bits per heavy atom. The lowest BCUT2D eigenvalue weighted by Gasteiger charge is -2.04. The van der Waals surface area contributed by atoms with Crippen molar-refractivity contribution in [1.29, 1.82) is 0 Å². The molecule has 3 rings (SSSR count). The molecular formula is C16H13ClN4O3S. The number of amides is 1. The van der Waals surface area contributed by atoms with Crippen LogP contribution in [0.25, 0.3) is 10.6 Å². The summed E-state index contributed by atoms with van der Waals surface area (Å²) in [5, 5.41) is 20.5. The molecule has 7 nitrogen and oxygen atoms in total. The van der Waals surface area contributed by atoms with Gasteiger partial charge in [0.05, 0.1) is 28.2 Å². The molecule has 0 fully saturated rings. The van der Waals surface area contributed by atoms with Crippen molar-refractivity contribution < 1.29 is 14.6 Å². The second-order valence-electron chi connectivity index (χ2n) is 4.87. The first kappa shape index (κ1) is 17.0. The van der Waals surface area contributed by atoms with E-state index in [1.54, 1.807) is 30.3 Å². The van der Waals surface area contributed by atoms with E-state index in [1.807, 2.05) is 6.07 Å². The van der Waals surface area contributed by atoms with Gasteiger partial charge in [-0.15, -0.1) is 11.3 Å². The molecule has 0 radical (unpaired) electrons. The second kappa shape index (κ2) is 7.37. The Balaban J connectivity index is 1.68. The van der Waals surface area contributed by atoms with Crippen LogP contribution in [0.5, 0.6) is 11.5 Å². The van der Waals surface area contributed by atoms with E-state index in [2.05, 4.69) is 20.7 Å². The molecule has 0 aliphatic carbocycles. The number of carbonyl (C=O) groups is 1. The molecule has 0 aliphatic heterocycles. The van der Waals surface area contributed by atoms with Gasteiger partial charge in [-0.2, -0.15) is 10.2 Å². The fourth-order valence-electron chi connectivity index (χ4n) is 2.05. The number of hydrazone groups is 1. The minimum Gasteiger partial charge on any atom is -0.504 e. The Bertz CT molecular complexity index is 935. The zero-order chi connectivity index (χ0) is 17.8. The number of ether oxygens (including phenoxy) is 1. The third kappa shape index (κ3) is 3.81. The summed E-state index contributed by atoms with van der Waals surface area (Å²) in [7, 11) is 1.45. The summed E-state index contributed by atoms with van der Waals surface area (Å²) in [6, 6.07) is 10.2. The van der Waals surface area contributed by atoms with Gasteiger partial charge in [0.1, 0.15) is 0 Å². The molecule has 0 unspecified atom stereocenters. The number of nitrogens with zero attached hydrogens (tertiary/aromatic N) is 2. The summed E-state index contributed by atoms with van der Waals surface area (Å²) in [5.74, 6) is -0.217. The molecule has 1 aromatic carbocycles. The number of rotatable bonds is 5. The average Bonchev–Trinajstić information content (AvgIpc) is 3.25. The van der Waals surface area contributed by atoms with Crippen LogP contribution in [-0.2, 0) is 0 Å². The lowest BCUT2D eigenvalue weighted by Crippen LogP contribution is -2.18. The molecule has 0 bridgehead atoms. The predicted molar refractivity (Wildman–Crippen MR) is 96.6 cm³/mol. The highest BCUT2D eigenvalue weighted by molar-refractivity contribution is 7.19. The molecule has 128 valence electrons. The van der Waals surface area contributed by atoms with E-state index in [-0.39, 0.29) is 11.4 Å². The highest BCUT2D eigenvalue weighted by Gasteiger charge is 2.12. The molecule has 1 amide bonds. The topological polar surface area (TPSA) is 99.6 Å². The van der Waals surface area contributed by atoms with Crippen molar-refractivity contribution in [3.8, 4) is 22.1 Å². The lowest BCUT2D eigenvalue weighted by molar-refractivity contribution is 0.0950. The van der Waals surface area contributed by atoms with Gasteiger partial charge < -0.3 is 9.84 Å². The molecule has 0 saturated carbocycles. The molecule has 2 aromatic heterocycles. The number of hydrogen-bond donors (Lipinski definition) is 3. The van der Waals surface area contributed by atoms with E-state index in [0.717, 1.165) is 4.88 Å². The monoisotopic (exact) mass is 376 g/mol. The Hall–Kier alpha value is -2.84. The molecule has 9 heteroatoms. The zero-order valence-electron chi connectivity index (χ0n) is 13.0. The maximum atomic E-state index is 12.1. The van der Waals surface area contributed by atoms with Gasteiger partial charge in [0.15, 0.2) is 17.2 Å². The molecule has 0 spiro atoms. The highest BCUT2D eigenvalue weighted by Crippen LogP contribution is 2.30.